The molecular formula is C41H53N2O4+. The van der Waals surface area contributed by atoms with Crippen molar-refractivity contribution in [3.63, 3.8) is 0 Å². The molecule has 0 spiro atoms. The van der Waals surface area contributed by atoms with E-state index in [9.17, 15) is 10.2 Å². The molecule has 6 heteroatoms. The second-order valence-corrected chi connectivity index (χ2v) is 14.7. The molecular weight excluding hydrogens is 584 g/mol. The molecule has 250 valence electrons. The molecule has 6 nitrogen and oxygen atoms in total. The van der Waals surface area contributed by atoms with E-state index in [4.69, 9.17) is 14.1 Å². The van der Waals surface area contributed by atoms with Crippen LogP contribution in [0.2, 0.25) is 0 Å². The van der Waals surface area contributed by atoms with Crippen LogP contribution in [0.4, 0.5) is 0 Å². The second-order valence-electron chi connectivity index (χ2n) is 14.7. The summed E-state index contributed by atoms with van der Waals surface area (Å²) in [6.45, 7) is 1.63. The van der Waals surface area contributed by atoms with Crippen LogP contribution in [0.5, 0.6) is 5.75 Å². The van der Waals surface area contributed by atoms with Gasteiger partial charge in [0, 0.05) is 5.92 Å². The van der Waals surface area contributed by atoms with Crippen molar-refractivity contribution in [3.05, 3.63) is 120 Å². The largest absolute Gasteiger partial charge is 0.493 e. The Morgan fingerprint density at radius 3 is 1.87 bits per heavy atom. The molecule has 0 radical (unpaired) electrons. The van der Waals surface area contributed by atoms with Crippen molar-refractivity contribution >= 4 is 0 Å². The predicted octanol–water partition coefficient (Wildman–Crippen LogP) is 8.23. The third-order valence-corrected chi connectivity index (χ3v) is 10.9. The highest BCUT2D eigenvalue weighted by Gasteiger charge is 2.49. The number of aromatic nitrogens is 1. The summed E-state index contributed by atoms with van der Waals surface area (Å²) in [5.74, 6) is 1.95. The summed E-state index contributed by atoms with van der Waals surface area (Å²) in [5.41, 5.74) is -0.506. The zero-order valence-electron chi connectivity index (χ0n) is 28.3. The summed E-state index contributed by atoms with van der Waals surface area (Å²) in [5, 5.41) is 25.4. The van der Waals surface area contributed by atoms with Crippen LogP contribution in [0.1, 0.15) is 87.0 Å². The van der Waals surface area contributed by atoms with Crippen LogP contribution in [0.25, 0.3) is 0 Å². The molecule has 3 aromatic carbocycles. The van der Waals surface area contributed by atoms with Gasteiger partial charge in [0.2, 0.25) is 5.89 Å². The first-order chi connectivity index (χ1) is 22.8. The third-order valence-electron chi connectivity index (χ3n) is 10.9. The molecule has 0 amide bonds. The molecule has 2 aliphatic rings. The molecule has 2 aliphatic carbocycles. The van der Waals surface area contributed by atoms with Crippen molar-refractivity contribution < 1.29 is 23.9 Å². The molecule has 3 atom stereocenters. The molecule has 2 saturated carbocycles. The Balaban J connectivity index is 1.29. The molecule has 1 unspecified atom stereocenters. The maximum atomic E-state index is 13.0. The average molecular weight is 638 g/mol. The van der Waals surface area contributed by atoms with Gasteiger partial charge < -0.3 is 23.9 Å². The molecule has 2 fully saturated rings. The summed E-state index contributed by atoms with van der Waals surface area (Å²) in [4.78, 5) is 4.75. The first-order valence-electron chi connectivity index (χ1n) is 17.8. The lowest BCUT2D eigenvalue weighted by Crippen LogP contribution is -2.54. The van der Waals surface area contributed by atoms with Gasteiger partial charge >= 0.3 is 0 Å². The lowest BCUT2D eigenvalue weighted by atomic mass is 9.67. The monoisotopic (exact) mass is 637 g/mol. The van der Waals surface area contributed by atoms with E-state index in [-0.39, 0.29) is 17.8 Å². The standard InChI is InChI=1S/C41H53N2O4/c1-43(2,30-38-28-42-39(47-38)41(45,34-22-12-5-13-23-34)35-24-14-6-15-25-35)29-36(31-46-37-26-16-7-17-27-37)40(44,32-18-8-3-9-19-32)33-20-10-4-11-21-33/h3,5,7-9,12-13,16-19,22-23,26-28,33,35-36,44-45H,4,6,10-11,14-15,20-21,24-25,29-31H2,1-2H3/q+1/t36?,40-,41+/m1/s1. The molecule has 0 aliphatic heterocycles. The summed E-state index contributed by atoms with van der Waals surface area (Å²) >= 11 is 0. The maximum Gasteiger partial charge on any atom is 0.231 e. The van der Waals surface area contributed by atoms with Crippen LogP contribution >= 0.6 is 0 Å². The van der Waals surface area contributed by atoms with Crippen molar-refractivity contribution in [2.75, 3.05) is 27.2 Å². The predicted molar refractivity (Wildman–Crippen MR) is 186 cm³/mol. The number of benzene rings is 3. The van der Waals surface area contributed by atoms with E-state index < -0.39 is 11.2 Å². The second kappa shape index (κ2) is 14.8. The van der Waals surface area contributed by atoms with E-state index in [1.807, 2.05) is 78.9 Å². The quantitative estimate of drug-likeness (QED) is 0.145. The normalized spacial score (nSPS) is 19.8. The SMILES string of the molecule is C[N+](C)(Cc1cnc([C@](O)(c2ccccc2)C2CCCCC2)o1)CC(COc1ccccc1)[C@@](O)(c1ccccc1)C1CCCCC1. The first-order valence-corrected chi connectivity index (χ1v) is 17.8. The Morgan fingerprint density at radius 1 is 0.745 bits per heavy atom. The number of hydrogen-bond donors (Lipinski definition) is 2. The first kappa shape index (κ1) is 33.5. The minimum atomic E-state index is -1.27. The Labute approximate surface area is 281 Å². The lowest BCUT2D eigenvalue weighted by Gasteiger charge is -2.46. The average Bonchev–Trinajstić information content (AvgIpc) is 3.59. The Kier molecular flexibility index (Phi) is 10.5. The molecule has 1 heterocycles. The molecule has 0 bridgehead atoms. The minimum Gasteiger partial charge on any atom is -0.493 e. The van der Waals surface area contributed by atoms with E-state index in [2.05, 4.69) is 26.2 Å². The van der Waals surface area contributed by atoms with E-state index in [0.717, 1.165) is 74.0 Å². The number of nitrogens with zero attached hydrogens (tertiary/aromatic N) is 2. The summed E-state index contributed by atoms with van der Waals surface area (Å²) < 4.78 is 13.5. The number of rotatable bonds is 13. The van der Waals surface area contributed by atoms with E-state index >= 15 is 0 Å². The van der Waals surface area contributed by atoms with Crippen LogP contribution in [-0.2, 0) is 17.7 Å². The molecule has 47 heavy (non-hydrogen) atoms. The fourth-order valence-corrected chi connectivity index (χ4v) is 8.47. The van der Waals surface area contributed by atoms with Gasteiger partial charge in [-0.15, -0.1) is 0 Å². The number of aliphatic hydroxyl groups is 2. The molecule has 1 aromatic heterocycles. The van der Waals surface area contributed by atoms with Crippen LogP contribution in [0.15, 0.2) is 102 Å². The Hall–Kier alpha value is -3.45. The van der Waals surface area contributed by atoms with Gasteiger partial charge in [-0.05, 0) is 54.9 Å². The zero-order valence-corrected chi connectivity index (χ0v) is 28.3. The molecule has 0 saturated heterocycles. The van der Waals surface area contributed by atoms with Crippen molar-refractivity contribution in [1.82, 2.24) is 4.98 Å². The summed E-state index contributed by atoms with van der Waals surface area (Å²) in [6.07, 6.45) is 12.6. The van der Waals surface area contributed by atoms with Gasteiger partial charge in [0.1, 0.15) is 17.9 Å². The van der Waals surface area contributed by atoms with Gasteiger partial charge in [0.25, 0.3) is 0 Å². The number of para-hydroxylation sites is 1. The number of oxazole rings is 1. The third kappa shape index (κ3) is 7.51. The lowest BCUT2D eigenvalue weighted by molar-refractivity contribution is -0.909. The summed E-state index contributed by atoms with van der Waals surface area (Å²) in [7, 11) is 4.38. The van der Waals surface area contributed by atoms with Crippen LogP contribution < -0.4 is 4.74 Å². The zero-order chi connectivity index (χ0) is 32.7. The van der Waals surface area contributed by atoms with E-state index in [1.54, 1.807) is 6.20 Å². The van der Waals surface area contributed by atoms with Gasteiger partial charge in [-0.1, -0.05) is 117 Å². The highest BCUT2D eigenvalue weighted by molar-refractivity contribution is 5.30. The molecule has 6 rings (SSSR count). The molecule has 2 N–H and O–H groups in total. The molecule has 4 aromatic rings. The van der Waals surface area contributed by atoms with Crippen molar-refractivity contribution in [2.45, 2.75) is 82.0 Å². The van der Waals surface area contributed by atoms with E-state index in [1.165, 1.54) is 12.8 Å². The van der Waals surface area contributed by atoms with E-state index in [0.29, 0.717) is 30.1 Å². The fourth-order valence-electron chi connectivity index (χ4n) is 8.47. The Morgan fingerprint density at radius 2 is 1.28 bits per heavy atom. The van der Waals surface area contributed by atoms with Crippen LogP contribution in [0.3, 0.4) is 0 Å². The highest BCUT2D eigenvalue weighted by atomic mass is 16.5. The van der Waals surface area contributed by atoms with Crippen molar-refractivity contribution in [2.24, 2.45) is 17.8 Å². The van der Waals surface area contributed by atoms with Gasteiger partial charge in [0.15, 0.2) is 11.4 Å². The van der Waals surface area contributed by atoms with Crippen molar-refractivity contribution in [3.8, 4) is 5.75 Å². The van der Waals surface area contributed by atoms with Crippen LogP contribution in [-0.4, -0.2) is 46.9 Å². The van der Waals surface area contributed by atoms with Crippen molar-refractivity contribution in [1.29, 1.82) is 0 Å². The minimum absolute atomic E-state index is 0.0588. The number of quaternary nitrogens is 1. The Bertz CT molecular complexity index is 1510. The summed E-state index contributed by atoms with van der Waals surface area (Å²) in [6, 6.07) is 30.1. The van der Waals surface area contributed by atoms with Crippen LogP contribution in [0, 0.1) is 17.8 Å². The topological polar surface area (TPSA) is 75.7 Å². The highest BCUT2D eigenvalue weighted by Crippen LogP contribution is 2.46. The van der Waals surface area contributed by atoms with Gasteiger partial charge in [-0.2, -0.15) is 0 Å². The number of hydrogen-bond acceptors (Lipinski definition) is 5. The fraction of sp³-hybridized carbons (Fsp3) is 0.488. The van der Waals surface area contributed by atoms with Gasteiger partial charge in [-0.25, -0.2) is 4.98 Å². The van der Waals surface area contributed by atoms with Gasteiger partial charge in [0.05, 0.1) is 39.4 Å². The maximum absolute atomic E-state index is 13.0. The smallest absolute Gasteiger partial charge is 0.231 e. The number of ether oxygens (including phenoxy) is 1. The van der Waals surface area contributed by atoms with Gasteiger partial charge in [-0.3, -0.25) is 0 Å².